The van der Waals surface area contributed by atoms with E-state index in [2.05, 4.69) is 9.97 Å². The lowest BCUT2D eigenvalue weighted by atomic mass is 10.1. The van der Waals surface area contributed by atoms with Crippen LogP contribution < -0.4 is 15.0 Å². The summed E-state index contributed by atoms with van der Waals surface area (Å²) < 4.78 is 10.6. The Kier molecular flexibility index (Phi) is 7.52. The van der Waals surface area contributed by atoms with Crippen molar-refractivity contribution in [2.45, 2.75) is 32.7 Å². The molecule has 0 radical (unpaired) electrons. The molecule has 1 heterocycles. The third-order valence-electron chi connectivity index (χ3n) is 4.98. The number of nitrogens with zero attached hydrogens (tertiary/aromatic N) is 2. The van der Waals surface area contributed by atoms with E-state index < -0.39 is 0 Å². The predicted molar refractivity (Wildman–Crippen MR) is 121 cm³/mol. The Morgan fingerprint density at radius 1 is 1.13 bits per heavy atom. The van der Waals surface area contributed by atoms with Gasteiger partial charge in [-0.25, -0.2) is 4.98 Å². The molecule has 0 aliphatic heterocycles. The molecule has 0 bridgehead atoms. The van der Waals surface area contributed by atoms with Crippen molar-refractivity contribution in [3.8, 4) is 11.5 Å². The van der Waals surface area contributed by atoms with Gasteiger partial charge in [0.15, 0.2) is 11.5 Å². The lowest BCUT2D eigenvalue weighted by molar-refractivity contribution is -0.131. The highest BCUT2D eigenvalue weighted by Crippen LogP contribution is 2.28. The first kappa shape index (κ1) is 22.6. The molecule has 0 aliphatic rings. The van der Waals surface area contributed by atoms with Gasteiger partial charge in [-0.05, 0) is 48.7 Å². The van der Waals surface area contributed by atoms with E-state index in [1.807, 2.05) is 25.1 Å². The summed E-state index contributed by atoms with van der Waals surface area (Å²) in [4.78, 5) is 34.3. The average Bonchev–Trinajstić information content (AvgIpc) is 2.76. The normalized spacial score (nSPS) is 10.8. The Morgan fingerprint density at radius 2 is 1.90 bits per heavy atom. The molecule has 1 N–H and O–H groups in total. The van der Waals surface area contributed by atoms with Crippen molar-refractivity contribution in [1.29, 1.82) is 0 Å². The van der Waals surface area contributed by atoms with Crippen LogP contribution in [0.15, 0.2) is 41.2 Å². The maximum absolute atomic E-state index is 12.9. The van der Waals surface area contributed by atoms with E-state index in [0.29, 0.717) is 52.6 Å². The summed E-state index contributed by atoms with van der Waals surface area (Å²) in [7, 11) is 3.17. The number of benzene rings is 2. The monoisotopic (exact) mass is 443 g/mol. The first-order valence-corrected chi connectivity index (χ1v) is 10.5. The molecule has 0 fully saturated rings. The molecule has 8 heteroatoms. The van der Waals surface area contributed by atoms with Gasteiger partial charge in [-0.2, -0.15) is 0 Å². The third kappa shape index (κ3) is 5.55. The molecule has 1 amide bonds. The Labute approximate surface area is 186 Å². The van der Waals surface area contributed by atoms with Crippen LogP contribution in [0.2, 0.25) is 5.02 Å². The summed E-state index contributed by atoms with van der Waals surface area (Å²) in [5, 5.41) is 0.975. The molecule has 0 saturated heterocycles. The van der Waals surface area contributed by atoms with Crippen LogP contribution >= 0.6 is 11.6 Å². The van der Waals surface area contributed by atoms with Crippen molar-refractivity contribution in [1.82, 2.24) is 14.9 Å². The second-order valence-electron chi connectivity index (χ2n) is 7.18. The van der Waals surface area contributed by atoms with Crippen LogP contribution in [0.1, 0.15) is 31.2 Å². The number of carbonyl (C=O) groups excluding carboxylic acids is 1. The molecule has 3 aromatic rings. The number of aromatic amines is 1. The molecule has 7 nitrogen and oxygen atoms in total. The number of aromatic nitrogens is 2. The summed E-state index contributed by atoms with van der Waals surface area (Å²) in [5.41, 5.74) is 1.25. The van der Waals surface area contributed by atoms with E-state index in [1.165, 1.54) is 0 Å². The quantitative estimate of drug-likeness (QED) is 0.541. The highest BCUT2D eigenvalue weighted by molar-refractivity contribution is 6.31. The topological polar surface area (TPSA) is 84.5 Å². The lowest BCUT2D eigenvalue weighted by Gasteiger charge is -2.22. The van der Waals surface area contributed by atoms with Gasteiger partial charge in [-0.15, -0.1) is 0 Å². The Hall–Kier alpha value is -3.06. The molecule has 164 valence electrons. The van der Waals surface area contributed by atoms with Crippen molar-refractivity contribution in [3.63, 3.8) is 0 Å². The van der Waals surface area contributed by atoms with Gasteiger partial charge < -0.3 is 19.4 Å². The van der Waals surface area contributed by atoms with Gasteiger partial charge in [0.25, 0.3) is 5.56 Å². The van der Waals surface area contributed by atoms with Gasteiger partial charge in [-0.1, -0.05) is 24.6 Å². The van der Waals surface area contributed by atoms with E-state index in [1.54, 1.807) is 37.3 Å². The maximum atomic E-state index is 12.9. The summed E-state index contributed by atoms with van der Waals surface area (Å²) in [6.07, 6.45) is 1.70. The zero-order valence-corrected chi connectivity index (χ0v) is 18.7. The van der Waals surface area contributed by atoms with Crippen LogP contribution in [0.5, 0.6) is 11.5 Å². The lowest BCUT2D eigenvalue weighted by Crippen LogP contribution is -2.33. The zero-order valence-electron chi connectivity index (χ0n) is 17.9. The standard InChI is InChI=1S/C23H26ClN3O4/c1-4-11-27(14-21-25-18-13-16(24)7-8-17(18)23(29)26-21)22(28)10-6-15-5-9-19(30-2)20(12-15)31-3/h5,7-9,12-13H,4,6,10-11,14H2,1-3H3,(H,25,26,29). The van der Waals surface area contributed by atoms with E-state index in [-0.39, 0.29) is 18.0 Å². The molecular weight excluding hydrogens is 418 g/mol. The fourth-order valence-corrected chi connectivity index (χ4v) is 3.59. The maximum Gasteiger partial charge on any atom is 0.258 e. The van der Waals surface area contributed by atoms with Crippen LogP contribution in [-0.4, -0.2) is 41.5 Å². The molecule has 0 spiro atoms. The number of amides is 1. The number of fused-ring (bicyclic) bond motifs is 1. The van der Waals surface area contributed by atoms with E-state index in [4.69, 9.17) is 21.1 Å². The molecule has 0 aliphatic carbocycles. The molecule has 1 aromatic heterocycles. The van der Waals surface area contributed by atoms with Crippen LogP contribution in [-0.2, 0) is 17.8 Å². The average molecular weight is 444 g/mol. The minimum absolute atomic E-state index is 0.00882. The molecule has 3 rings (SSSR count). The number of carbonyl (C=O) groups is 1. The number of hydrogen-bond donors (Lipinski definition) is 1. The highest BCUT2D eigenvalue weighted by atomic mass is 35.5. The number of methoxy groups -OCH3 is 2. The highest BCUT2D eigenvalue weighted by Gasteiger charge is 2.16. The van der Waals surface area contributed by atoms with Crippen molar-refractivity contribution in [2.24, 2.45) is 0 Å². The van der Waals surface area contributed by atoms with Crippen LogP contribution in [0.4, 0.5) is 0 Å². The zero-order chi connectivity index (χ0) is 22.4. The number of nitrogens with one attached hydrogen (secondary N) is 1. The van der Waals surface area contributed by atoms with Crippen LogP contribution in [0.25, 0.3) is 10.9 Å². The molecule has 0 atom stereocenters. The molecule has 2 aromatic carbocycles. The Balaban J connectivity index is 1.74. The summed E-state index contributed by atoms with van der Waals surface area (Å²) >= 11 is 6.04. The van der Waals surface area contributed by atoms with E-state index in [0.717, 1.165) is 12.0 Å². The van der Waals surface area contributed by atoms with Gasteiger partial charge in [0.05, 0.1) is 31.7 Å². The predicted octanol–water partition coefficient (Wildman–Crippen LogP) is 3.97. The van der Waals surface area contributed by atoms with Gasteiger partial charge in [-0.3, -0.25) is 9.59 Å². The number of hydrogen-bond acceptors (Lipinski definition) is 5. The van der Waals surface area contributed by atoms with Crippen molar-refractivity contribution in [3.05, 3.63) is 63.2 Å². The molecule has 31 heavy (non-hydrogen) atoms. The van der Waals surface area contributed by atoms with Crippen molar-refractivity contribution >= 4 is 28.4 Å². The van der Waals surface area contributed by atoms with Crippen molar-refractivity contribution in [2.75, 3.05) is 20.8 Å². The number of halogens is 1. The molecular formula is C23H26ClN3O4. The Bertz CT molecular complexity index is 1130. The summed E-state index contributed by atoms with van der Waals surface area (Å²) in [5.74, 6) is 1.71. The Morgan fingerprint density at radius 3 is 2.61 bits per heavy atom. The summed E-state index contributed by atoms with van der Waals surface area (Å²) in [6.45, 7) is 2.81. The second kappa shape index (κ2) is 10.3. The van der Waals surface area contributed by atoms with Crippen LogP contribution in [0.3, 0.4) is 0 Å². The van der Waals surface area contributed by atoms with E-state index >= 15 is 0 Å². The number of H-pyrrole nitrogens is 1. The molecule has 0 unspecified atom stereocenters. The van der Waals surface area contributed by atoms with E-state index in [9.17, 15) is 9.59 Å². The minimum atomic E-state index is -0.245. The van der Waals surface area contributed by atoms with Gasteiger partial charge >= 0.3 is 0 Å². The smallest absolute Gasteiger partial charge is 0.258 e. The SMILES string of the molecule is CCCN(Cc1nc2cc(Cl)ccc2c(=O)[nH]1)C(=O)CCc1ccc(OC)c(OC)c1. The minimum Gasteiger partial charge on any atom is -0.493 e. The fraction of sp³-hybridized carbons (Fsp3) is 0.348. The first-order chi connectivity index (χ1) is 14.9. The van der Waals surface area contributed by atoms with Crippen LogP contribution in [0, 0.1) is 0 Å². The number of aryl methyl sites for hydroxylation is 1. The van der Waals surface area contributed by atoms with Gasteiger partial charge in [0.1, 0.15) is 5.82 Å². The first-order valence-electron chi connectivity index (χ1n) is 10.1. The van der Waals surface area contributed by atoms with Gasteiger partial charge in [0, 0.05) is 18.0 Å². The third-order valence-corrected chi connectivity index (χ3v) is 5.22. The number of rotatable bonds is 9. The summed E-state index contributed by atoms with van der Waals surface area (Å²) in [6, 6.07) is 10.6. The fourth-order valence-electron chi connectivity index (χ4n) is 3.42. The second-order valence-corrected chi connectivity index (χ2v) is 7.62. The van der Waals surface area contributed by atoms with Crippen molar-refractivity contribution < 1.29 is 14.3 Å². The number of ether oxygens (including phenoxy) is 2. The van der Waals surface area contributed by atoms with Gasteiger partial charge in [0.2, 0.25) is 5.91 Å². The molecule has 0 saturated carbocycles. The largest absolute Gasteiger partial charge is 0.493 e.